The summed E-state index contributed by atoms with van der Waals surface area (Å²) in [4.78, 5) is 24.9. The van der Waals surface area contributed by atoms with E-state index < -0.39 is 38.4 Å². The number of amides is 2. The van der Waals surface area contributed by atoms with Crippen molar-refractivity contribution in [1.29, 1.82) is 0 Å². The van der Waals surface area contributed by atoms with E-state index in [0.29, 0.717) is 9.99 Å². The number of hydrogen-bond donors (Lipinski definition) is 1. The van der Waals surface area contributed by atoms with E-state index in [-0.39, 0.29) is 21.4 Å². The van der Waals surface area contributed by atoms with Crippen LogP contribution >= 0.6 is 0 Å². The number of fused-ring (bicyclic) bond motifs is 1. The molecule has 2 aromatic rings. The summed E-state index contributed by atoms with van der Waals surface area (Å²) in [5.41, 5.74) is 0.322. The molecule has 11 heteroatoms. The second-order valence-corrected chi connectivity index (χ2v) is 12.0. The molecule has 176 valence electrons. The molecular weight excluding hydrogens is 466 g/mol. The zero-order valence-corrected chi connectivity index (χ0v) is 19.7. The molecule has 4 rings (SSSR count). The van der Waals surface area contributed by atoms with Crippen molar-refractivity contribution in [3.05, 3.63) is 54.1 Å². The number of carbonyl (C=O) groups excluding carboxylic acids is 2. The zero-order valence-electron chi connectivity index (χ0n) is 18.1. The highest BCUT2D eigenvalue weighted by atomic mass is 32.2. The normalized spacial score (nSPS) is 18.4. The van der Waals surface area contributed by atoms with Gasteiger partial charge in [0.25, 0.3) is 15.9 Å². The standard InChI is InChI=1S/C22H25N3O6S2/c1-24(17-7-3-2-4-8-17)32(28,29)18-13-11-16(12-14-18)23-21(26)15-25-22(27)19-9-5-6-10-20(19)33(25,30)31/h5-6,9-14,17H,2-4,7-8,15H2,1H3,(H,23,26). The molecule has 0 radical (unpaired) electrons. The topological polar surface area (TPSA) is 121 Å². The Bertz CT molecular complexity index is 1280. The number of benzene rings is 2. The Labute approximate surface area is 193 Å². The summed E-state index contributed by atoms with van der Waals surface area (Å²) in [7, 11) is -6.17. The van der Waals surface area contributed by atoms with Gasteiger partial charge in [0.1, 0.15) is 11.4 Å². The number of nitrogens with zero attached hydrogens (tertiary/aromatic N) is 2. The summed E-state index contributed by atoms with van der Waals surface area (Å²) in [6.07, 6.45) is 4.82. The Hall–Kier alpha value is -2.76. The van der Waals surface area contributed by atoms with Crippen molar-refractivity contribution in [3.8, 4) is 0 Å². The molecule has 0 spiro atoms. The van der Waals surface area contributed by atoms with Gasteiger partial charge in [-0.2, -0.15) is 4.31 Å². The fourth-order valence-corrected chi connectivity index (χ4v) is 7.18. The fourth-order valence-electron chi connectivity index (χ4n) is 4.24. The molecule has 1 fully saturated rings. The van der Waals surface area contributed by atoms with Gasteiger partial charge >= 0.3 is 0 Å². The summed E-state index contributed by atoms with van der Waals surface area (Å²) >= 11 is 0. The van der Waals surface area contributed by atoms with Gasteiger partial charge in [-0.1, -0.05) is 31.4 Å². The van der Waals surface area contributed by atoms with Gasteiger partial charge in [0.15, 0.2) is 0 Å². The molecule has 1 saturated carbocycles. The Morgan fingerprint density at radius 1 is 1.06 bits per heavy atom. The maximum absolute atomic E-state index is 12.9. The van der Waals surface area contributed by atoms with Crippen LogP contribution in [-0.2, 0) is 24.8 Å². The van der Waals surface area contributed by atoms with Crippen LogP contribution < -0.4 is 5.32 Å². The van der Waals surface area contributed by atoms with Crippen LogP contribution in [-0.4, -0.2) is 56.9 Å². The SMILES string of the molecule is CN(C1CCCCC1)S(=O)(=O)c1ccc(NC(=O)CN2C(=O)c3ccccc3S2(=O)=O)cc1. The predicted octanol–water partition coefficient (Wildman–Crippen LogP) is 2.42. The molecule has 1 heterocycles. The molecule has 0 aromatic heterocycles. The predicted molar refractivity (Wildman–Crippen MR) is 122 cm³/mol. The largest absolute Gasteiger partial charge is 0.325 e. The molecule has 2 aromatic carbocycles. The van der Waals surface area contributed by atoms with Gasteiger partial charge < -0.3 is 5.32 Å². The summed E-state index contributed by atoms with van der Waals surface area (Å²) in [6.45, 7) is -0.680. The van der Waals surface area contributed by atoms with E-state index in [1.165, 1.54) is 46.8 Å². The first-order valence-corrected chi connectivity index (χ1v) is 13.5. The van der Waals surface area contributed by atoms with E-state index in [1.807, 2.05) is 0 Å². The molecule has 1 aliphatic heterocycles. The smallest absolute Gasteiger partial charge is 0.269 e. The Morgan fingerprint density at radius 3 is 2.33 bits per heavy atom. The highest BCUT2D eigenvalue weighted by Gasteiger charge is 2.41. The molecule has 0 atom stereocenters. The van der Waals surface area contributed by atoms with Gasteiger partial charge in [-0.25, -0.2) is 21.1 Å². The highest BCUT2D eigenvalue weighted by molar-refractivity contribution is 7.90. The van der Waals surface area contributed by atoms with Crippen molar-refractivity contribution < 1.29 is 26.4 Å². The molecule has 2 aliphatic rings. The minimum Gasteiger partial charge on any atom is -0.325 e. The molecule has 2 amide bonds. The van der Waals surface area contributed by atoms with Gasteiger partial charge in [-0.15, -0.1) is 0 Å². The third-order valence-corrected chi connectivity index (χ3v) is 9.81. The third kappa shape index (κ3) is 4.40. The monoisotopic (exact) mass is 491 g/mol. The summed E-state index contributed by atoms with van der Waals surface area (Å²) in [5.74, 6) is -1.47. The minimum atomic E-state index is -4.09. The lowest BCUT2D eigenvalue weighted by Gasteiger charge is -2.30. The van der Waals surface area contributed by atoms with E-state index in [1.54, 1.807) is 13.1 Å². The summed E-state index contributed by atoms with van der Waals surface area (Å²) in [6, 6.07) is 11.4. The number of sulfonamides is 2. The molecule has 0 bridgehead atoms. The number of rotatable bonds is 6. The number of carbonyl (C=O) groups is 2. The summed E-state index contributed by atoms with van der Waals surface area (Å²) in [5, 5.41) is 2.52. The van der Waals surface area contributed by atoms with Crippen LogP contribution in [0.3, 0.4) is 0 Å². The first-order valence-electron chi connectivity index (χ1n) is 10.7. The fraction of sp³-hybridized carbons (Fsp3) is 0.364. The Kier molecular flexibility index (Phi) is 6.30. The van der Waals surface area contributed by atoms with Crippen LogP contribution in [0.25, 0.3) is 0 Å². The van der Waals surface area contributed by atoms with Crippen LogP contribution in [0.15, 0.2) is 58.3 Å². The van der Waals surface area contributed by atoms with Crippen molar-refractivity contribution in [2.75, 3.05) is 18.9 Å². The third-order valence-electron chi connectivity index (χ3n) is 6.10. The van der Waals surface area contributed by atoms with E-state index in [2.05, 4.69) is 5.32 Å². The molecule has 1 aliphatic carbocycles. The van der Waals surface area contributed by atoms with Crippen molar-refractivity contribution in [3.63, 3.8) is 0 Å². The van der Waals surface area contributed by atoms with Crippen molar-refractivity contribution in [1.82, 2.24) is 8.61 Å². The first-order chi connectivity index (χ1) is 15.6. The van der Waals surface area contributed by atoms with Crippen LogP contribution in [0, 0.1) is 0 Å². The Morgan fingerprint density at radius 2 is 1.70 bits per heavy atom. The average molecular weight is 492 g/mol. The van der Waals surface area contributed by atoms with Crippen LogP contribution in [0.1, 0.15) is 42.5 Å². The molecular formula is C22H25N3O6S2. The van der Waals surface area contributed by atoms with Gasteiger partial charge in [-0.3, -0.25) is 9.59 Å². The molecule has 1 N–H and O–H groups in total. The lowest BCUT2D eigenvalue weighted by Crippen LogP contribution is -2.38. The van der Waals surface area contributed by atoms with Crippen LogP contribution in [0.4, 0.5) is 5.69 Å². The van der Waals surface area contributed by atoms with Crippen molar-refractivity contribution >= 4 is 37.5 Å². The number of anilines is 1. The van der Waals surface area contributed by atoms with Crippen molar-refractivity contribution in [2.45, 2.75) is 47.9 Å². The Balaban J connectivity index is 1.43. The zero-order chi connectivity index (χ0) is 23.8. The van der Waals surface area contributed by atoms with Gasteiger partial charge in [0.05, 0.1) is 10.5 Å². The van der Waals surface area contributed by atoms with E-state index in [0.717, 1.165) is 32.1 Å². The van der Waals surface area contributed by atoms with Gasteiger partial charge in [-0.05, 0) is 49.2 Å². The second-order valence-electron chi connectivity index (χ2n) is 8.20. The van der Waals surface area contributed by atoms with E-state index >= 15 is 0 Å². The maximum Gasteiger partial charge on any atom is 0.269 e. The maximum atomic E-state index is 12.9. The first kappa shape index (κ1) is 23.4. The van der Waals surface area contributed by atoms with Crippen LogP contribution in [0.5, 0.6) is 0 Å². The molecule has 0 unspecified atom stereocenters. The van der Waals surface area contributed by atoms with E-state index in [9.17, 15) is 26.4 Å². The van der Waals surface area contributed by atoms with Gasteiger partial charge in [0, 0.05) is 18.8 Å². The number of hydrogen-bond acceptors (Lipinski definition) is 6. The minimum absolute atomic E-state index is 0.0211. The summed E-state index contributed by atoms with van der Waals surface area (Å²) < 4.78 is 53.0. The lowest BCUT2D eigenvalue weighted by atomic mass is 9.96. The second kappa shape index (κ2) is 8.88. The average Bonchev–Trinajstić information content (AvgIpc) is 3.00. The van der Waals surface area contributed by atoms with E-state index in [4.69, 9.17) is 0 Å². The lowest BCUT2D eigenvalue weighted by molar-refractivity contribution is -0.116. The van der Waals surface area contributed by atoms with Crippen molar-refractivity contribution in [2.24, 2.45) is 0 Å². The number of nitrogens with one attached hydrogen (secondary N) is 1. The molecule has 9 nitrogen and oxygen atoms in total. The molecule has 33 heavy (non-hydrogen) atoms. The van der Waals surface area contributed by atoms with Crippen LogP contribution in [0.2, 0.25) is 0 Å². The quantitative estimate of drug-likeness (QED) is 0.663. The van der Waals surface area contributed by atoms with Gasteiger partial charge in [0.2, 0.25) is 15.9 Å². The highest BCUT2D eigenvalue weighted by Crippen LogP contribution is 2.30. The molecule has 0 saturated heterocycles.